The predicted molar refractivity (Wildman–Crippen MR) is 103 cm³/mol. The molecule has 0 radical (unpaired) electrons. The van der Waals surface area contributed by atoms with Gasteiger partial charge in [0, 0.05) is 28.2 Å². The standard InChI is InChI=1S/C23H19NO6/c1-10-8-17(26)20-15(21(10)27)9-14-11(18(20)12-4-2-3-5-16(12)25)6-7-13-19(14)23(29)24(30)22(13)28/h2-6,8,13-14,18-19,25,30H,7,9H2,1H3/t13-,14+,18+,19-/m0/s1. The molecule has 7 nitrogen and oxygen atoms in total. The predicted octanol–water partition coefficient (Wildman–Crippen LogP) is 2.21. The van der Waals surface area contributed by atoms with Crippen LogP contribution in [0.5, 0.6) is 5.75 Å². The van der Waals surface area contributed by atoms with Crippen LogP contribution in [-0.4, -0.2) is 38.8 Å². The Morgan fingerprint density at radius 1 is 1.03 bits per heavy atom. The third-order valence-electron chi connectivity index (χ3n) is 6.79. The molecular weight excluding hydrogens is 386 g/mol. The van der Waals surface area contributed by atoms with Gasteiger partial charge in [0.2, 0.25) is 0 Å². The van der Waals surface area contributed by atoms with Crippen LogP contribution in [0.15, 0.2) is 58.7 Å². The number of Topliss-reactive ketones (excluding diaryl/α,β-unsaturated/α-hetero) is 1. The van der Waals surface area contributed by atoms with Gasteiger partial charge in [-0.3, -0.25) is 24.4 Å². The van der Waals surface area contributed by atoms with Gasteiger partial charge in [-0.1, -0.05) is 29.8 Å². The van der Waals surface area contributed by atoms with E-state index in [2.05, 4.69) is 0 Å². The Bertz CT molecular complexity index is 1140. The summed E-state index contributed by atoms with van der Waals surface area (Å²) in [5, 5.41) is 20.6. The molecule has 4 aliphatic rings. The Balaban J connectivity index is 1.73. The number of hydrogen-bond acceptors (Lipinski definition) is 6. The van der Waals surface area contributed by atoms with Crippen molar-refractivity contribution in [3.05, 3.63) is 64.3 Å². The molecule has 30 heavy (non-hydrogen) atoms. The SMILES string of the molecule is CC1=CC(=O)C2=C(C[C@@H]3C(=CC[C@@H]4C(=O)N(O)C(=O)[C@@H]43)[C@@H]2c2ccccc2O)C1=O. The Hall–Kier alpha value is -3.32. The molecule has 0 bridgehead atoms. The lowest BCUT2D eigenvalue weighted by Gasteiger charge is -2.42. The van der Waals surface area contributed by atoms with Gasteiger partial charge in [0.05, 0.1) is 11.8 Å². The minimum absolute atomic E-state index is 0.0119. The van der Waals surface area contributed by atoms with E-state index in [1.807, 2.05) is 6.08 Å². The number of fused-ring (bicyclic) bond motifs is 3. The monoisotopic (exact) mass is 405 g/mol. The van der Waals surface area contributed by atoms with Crippen LogP contribution >= 0.6 is 0 Å². The molecule has 0 saturated carbocycles. The molecule has 3 aliphatic carbocycles. The molecule has 1 fully saturated rings. The van der Waals surface area contributed by atoms with Crippen molar-refractivity contribution in [1.82, 2.24) is 5.06 Å². The number of phenolic OH excluding ortho intramolecular Hbond substituents is 1. The number of nitrogens with zero attached hydrogens (tertiary/aromatic N) is 1. The van der Waals surface area contributed by atoms with E-state index in [0.717, 1.165) is 5.57 Å². The summed E-state index contributed by atoms with van der Waals surface area (Å²) in [6, 6.07) is 6.62. The minimum Gasteiger partial charge on any atom is -0.508 e. The van der Waals surface area contributed by atoms with Gasteiger partial charge < -0.3 is 5.11 Å². The molecular formula is C23H19NO6. The summed E-state index contributed by atoms with van der Waals surface area (Å²) >= 11 is 0. The van der Waals surface area contributed by atoms with Gasteiger partial charge >= 0.3 is 0 Å². The van der Waals surface area contributed by atoms with Crippen LogP contribution < -0.4 is 0 Å². The number of phenols is 1. The lowest BCUT2D eigenvalue weighted by atomic mass is 9.59. The number of hydroxylamine groups is 2. The van der Waals surface area contributed by atoms with Crippen LogP contribution in [0.3, 0.4) is 0 Å². The van der Waals surface area contributed by atoms with E-state index in [-0.39, 0.29) is 35.2 Å². The van der Waals surface area contributed by atoms with Crippen LogP contribution in [0.2, 0.25) is 0 Å². The number of carbonyl (C=O) groups excluding carboxylic acids is 4. The quantitative estimate of drug-likeness (QED) is 0.321. The van der Waals surface area contributed by atoms with Gasteiger partial charge in [0.15, 0.2) is 11.6 Å². The molecule has 5 rings (SSSR count). The van der Waals surface area contributed by atoms with Crippen molar-refractivity contribution in [1.29, 1.82) is 0 Å². The first-order chi connectivity index (χ1) is 14.3. The Labute approximate surface area is 171 Å². The van der Waals surface area contributed by atoms with Gasteiger partial charge in [0.1, 0.15) is 5.75 Å². The smallest absolute Gasteiger partial charge is 0.257 e. The largest absolute Gasteiger partial charge is 0.508 e. The number of aromatic hydroxyl groups is 1. The fraction of sp³-hybridized carbons (Fsp3) is 0.304. The van der Waals surface area contributed by atoms with Gasteiger partial charge in [-0.25, -0.2) is 0 Å². The van der Waals surface area contributed by atoms with E-state index in [0.29, 0.717) is 22.3 Å². The van der Waals surface area contributed by atoms with Gasteiger partial charge in [-0.2, -0.15) is 5.06 Å². The van der Waals surface area contributed by atoms with Crippen molar-refractivity contribution < 1.29 is 29.5 Å². The number of ketones is 2. The fourth-order valence-corrected chi connectivity index (χ4v) is 5.45. The molecule has 1 aromatic carbocycles. The highest BCUT2D eigenvalue weighted by Gasteiger charge is 2.56. The third kappa shape index (κ3) is 2.35. The highest BCUT2D eigenvalue weighted by atomic mass is 16.5. The summed E-state index contributed by atoms with van der Waals surface area (Å²) < 4.78 is 0. The van der Waals surface area contributed by atoms with Crippen LogP contribution in [0.1, 0.15) is 31.2 Å². The van der Waals surface area contributed by atoms with Crippen molar-refractivity contribution in [3.8, 4) is 5.75 Å². The third-order valence-corrected chi connectivity index (χ3v) is 6.79. The average molecular weight is 405 g/mol. The maximum Gasteiger partial charge on any atom is 0.257 e. The van der Waals surface area contributed by atoms with Crippen LogP contribution in [-0.2, 0) is 19.2 Å². The summed E-state index contributed by atoms with van der Waals surface area (Å²) in [5.41, 5.74) is 2.19. The topological polar surface area (TPSA) is 112 Å². The Morgan fingerprint density at radius 2 is 1.77 bits per heavy atom. The molecule has 152 valence electrons. The molecule has 2 N–H and O–H groups in total. The molecule has 1 heterocycles. The average Bonchev–Trinajstić information content (AvgIpc) is 2.95. The van der Waals surface area contributed by atoms with Crippen LogP contribution in [0.4, 0.5) is 0 Å². The molecule has 2 amide bonds. The number of amides is 2. The summed E-state index contributed by atoms with van der Waals surface area (Å²) in [5.74, 6) is -4.54. The number of allylic oxidation sites excluding steroid dienone is 6. The number of para-hydroxylation sites is 1. The highest BCUT2D eigenvalue weighted by Crippen LogP contribution is 2.55. The molecule has 0 aromatic heterocycles. The van der Waals surface area contributed by atoms with E-state index in [1.54, 1.807) is 25.1 Å². The van der Waals surface area contributed by atoms with Crippen molar-refractivity contribution in [2.75, 3.05) is 0 Å². The first-order valence-corrected chi connectivity index (χ1v) is 9.86. The zero-order valence-electron chi connectivity index (χ0n) is 16.2. The second-order valence-corrected chi connectivity index (χ2v) is 8.28. The number of imide groups is 1. The molecule has 7 heteroatoms. The van der Waals surface area contributed by atoms with Crippen molar-refractivity contribution >= 4 is 23.4 Å². The summed E-state index contributed by atoms with van der Waals surface area (Å²) in [7, 11) is 0. The minimum atomic E-state index is -0.793. The van der Waals surface area contributed by atoms with E-state index in [9.17, 15) is 29.5 Å². The normalized spacial score (nSPS) is 30.7. The number of carbonyl (C=O) groups is 4. The second kappa shape index (κ2) is 6.34. The number of hydrogen-bond donors (Lipinski definition) is 2. The molecule has 1 aliphatic heterocycles. The molecule has 4 atom stereocenters. The first-order valence-electron chi connectivity index (χ1n) is 9.86. The van der Waals surface area contributed by atoms with Gasteiger partial charge in [-0.05, 0) is 37.8 Å². The zero-order chi connectivity index (χ0) is 21.3. The first kappa shape index (κ1) is 18.7. The van der Waals surface area contributed by atoms with E-state index in [1.165, 1.54) is 12.1 Å². The highest BCUT2D eigenvalue weighted by molar-refractivity contribution is 6.23. The number of benzene rings is 1. The van der Waals surface area contributed by atoms with Gasteiger partial charge in [-0.15, -0.1) is 0 Å². The van der Waals surface area contributed by atoms with Crippen molar-refractivity contribution in [3.63, 3.8) is 0 Å². The van der Waals surface area contributed by atoms with E-state index >= 15 is 0 Å². The lowest BCUT2D eigenvalue weighted by Crippen LogP contribution is -2.39. The molecule has 0 unspecified atom stereocenters. The van der Waals surface area contributed by atoms with Gasteiger partial charge in [0.25, 0.3) is 11.8 Å². The van der Waals surface area contributed by atoms with Crippen molar-refractivity contribution in [2.45, 2.75) is 25.7 Å². The maximum atomic E-state index is 13.0. The lowest BCUT2D eigenvalue weighted by molar-refractivity contribution is -0.173. The molecule has 1 saturated heterocycles. The van der Waals surface area contributed by atoms with Crippen LogP contribution in [0, 0.1) is 17.8 Å². The Kier molecular flexibility index (Phi) is 3.95. The summed E-state index contributed by atoms with van der Waals surface area (Å²) in [6.07, 6.45) is 3.55. The fourth-order valence-electron chi connectivity index (χ4n) is 5.45. The van der Waals surface area contributed by atoms with Crippen molar-refractivity contribution in [2.24, 2.45) is 17.8 Å². The summed E-state index contributed by atoms with van der Waals surface area (Å²) in [4.78, 5) is 51.0. The molecule has 0 spiro atoms. The van der Waals surface area contributed by atoms with E-state index in [4.69, 9.17) is 0 Å². The number of rotatable bonds is 1. The van der Waals surface area contributed by atoms with E-state index < -0.39 is 35.5 Å². The Morgan fingerprint density at radius 3 is 2.50 bits per heavy atom. The second-order valence-electron chi connectivity index (χ2n) is 8.28. The van der Waals surface area contributed by atoms with Crippen LogP contribution in [0.25, 0.3) is 0 Å². The maximum absolute atomic E-state index is 13.0. The summed E-state index contributed by atoms with van der Waals surface area (Å²) in [6.45, 7) is 1.58. The zero-order valence-corrected chi connectivity index (χ0v) is 16.2. The molecule has 1 aromatic rings.